The van der Waals surface area contributed by atoms with Crippen molar-refractivity contribution < 1.29 is 19.4 Å². The van der Waals surface area contributed by atoms with E-state index in [4.69, 9.17) is 9.84 Å². The third kappa shape index (κ3) is 4.88. The molecule has 21 heavy (non-hydrogen) atoms. The van der Waals surface area contributed by atoms with Crippen LogP contribution in [0.5, 0.6) is 0 Å². The van der Waals surface area contributed by atoms with Gasteiger partial charge in [-0.25, -0.2) is 9.78 Å². The minimum atomic E-state index is -1.02. The molecule has 0 saturated carbocycles. The quantitative estimate of drug-likeness (QED) is 0.856. The molecule has 0 aliphatic heterocycles. The zero-order chi connectivity index (χ0) is 15.1. The summed E-state index contributed by atoms with van der Waals surface area (Å²) in [5, 5.41) is 13.1. The van der Waals surface area contributed by atoms with Gasteiger partial charge < -0.3 is 15.2 Å². The number of carboxylic acid groups (broad SMARTS) is 1. The van der Waals surface area contributed by atoms with Crippen LogP contribution in [-0.2, 0) is 16.1 Å². The first kappa shape index (κ1) is 15.0. The SMILES string of the molecule is O=C(O)CC(NC(=O)OCc1ccccc1)c1cscn1. The summed E-state index contributed by atoms with van der Waals surface area (Å²) in [5.74, 6) is -1.02. The minimum absolute atomic E-state index is 0.129. The van der Waals surface area contributed by atoms with Crippen molar-refractivity contribution in [2.75, 3.05) is 0 Å². The monoisotopic (exact) mass is 306 g/mol. The second-order valence-electron chi connectivity index (χ2n) is 4.27. The molecule has 1 amide bonds. The second-order valence-corrected chi connectivity index (χ2v) is 4.99. The van der Waals surface area contributed by atoms with Gasteiger partial charge in [-0.3, -0.25) is 4.79 Å². The van der Waals surface area contributed by atoms with Gasteiger partial charge in [-0.1, -0.05) is 30.3 Å². The third-order valence-corrected chi connectivity index (χ3v) is 3.30. The molecule has 0 aliphatic carbocycles. The van der Waals surface area contributed by atoms with Gasteiger partial charge in [0.05, 0.1) is 23.7 Å². The van der Waals surface area contributed by atoms with Crippen LogP contribution in [0.25, 0.3) is 0 Å². The van der Waals surface area contributed by atoms with E-state index >= 15 is 0 Å². The highest BCUT2D eigenvalue weighted by Gasteiger charge is 2.20. The van der Waals surface area contributed by atoms with Crippen LogP contribution in [0, 0.1) is 0 Å². The van der Waals surface area contributed by atoms with Gasteiger partial charge in [0.2, 0.25) is 0 Å². The van der Waals surface area contributed by atoms with Crippen LogP contribution in [0.2, 0.25) is 0 Å². The molecule has 1 aromatic heterocycles. The van der Waals surface area contributed by atoms with Crippen LogP contribution in [-0.4, -0.2) is 22.2 Å². The van der Waals surface area contributed by atoms with E-state index < -0.39 is 18.1 Å². The number of aliphatic carboxylic acids is 1. The molecule has 7 heteroatoms. The van der Waals surface area contributed by atoms with Crippen molar-refractivity contribution in [2.45, 2.75) is 19.1 Å². The Morgan fingerprint density at radius 1 is 1.33 bits per heavy atom. The number of ether oxygens (including phenoxy) is 1. The molecule has 110 valence electrons. The molecular formula is C14H14N2O4S. The van der Waals surface area contributed by atoms with Crippen LogP contribution in [0.1, 0.15) is 23.7 Å². The summed E-state index contributed by atoms with van der Waals surface area (Å²) in [6.45, 7) is 0.129. The molecule has 2 rings (SSSR count). The van der Waals surface area contributed by atoms with E-state index in [0.29, 0.717) is 5.69 Å². The molecule has 0 bridgehead atoms. The van der Waals surface area contributed by atoms with E-state index in [2.05, 4.69) is 10.3 Å². The highest BCUT2D eigenvalue weighted by atomic mass is 32.1. The van der Waals surface area contributed by atoms with Crippen molar-refractivity contribution in [2.24, 2.45) is 0 Å². The molecule has 1 unspecified atom stereocenters. The Balaban J connectivity index is 1.90. The molecule has 0 saturated heterocycles. The number of thiazole rings is 1. The maximum atomic E-state index is 11.8. The number of benzene rings is 1. The zero-order valence-electron chi connectivity index (χ0n) is 11.1. The number of nitrogens with zero attached hydrogens (tertiary/aromatic N) is 1. The topological polar surface area (TPSA) is 88.5 Å². The largest absolute Gasteiger partial charge is 0.481 e. The van der Waals surface area contributed by atoms with Gasteiger partial charge in [0.1, 0.15) is 6.61 Å². The lowest BCUT2D eigenvalue weighted by atomic mass is 10.1. The smallest absolute Gasteiger partial charge is 0.408 e. The predicted octanol–water partition coefficient (Wildman–Crippen LogP) is 2.59. The third-order valence-electron chi connectivity index (χ3n) is 2.69. The number of carbonyl (C=O) groups excluding carboxylic acids is 1. The fourth-order valence-corrected chi connectivity index (χ4v) is 2.31. The van der Waals surface area contributed by atoms with Crippen LogP contribution < -0.4 is 5.32 Å². The number of hydrogen-bond donors (Lipinski definition) is 2. The summed E-state index contributed by atoms with van der Waals surface area (Å²) in [4.78, 5) is 26.6. The number of carboxylic acids is 1. The minimum Gasteiger partial charge on any atom is -0.481 e. The number of nitrogens with one attached hydrogen (secondary N) is 1. The molecule has 0 fully saturated rings. The number of hydrogen-bond acceptors (Lipinski definition) is 5. The van der Waals surface area contributed by atoms with Gasteiger partial charge in [-0.05, 0) is 5.56 Å². The summed E-state index contributed by atoms with van der Waals surface area (Å²) in [5.41, 5.74) is 2.96. The maximum absolute atomic E-state index is 11.8. The predicted molar refractivity (Wildman–Crippen MR) is 76.9 cm³/mol. The van der Waals surface area contributed by atoms with E-state index in [1.54, 1.807) is 10.9 Å². The maximum Gasteiger partial charge on any atom is 0.408 e. The Morgan fingerprint density at radius 3 is 2.71 bits per heavy atom. The number of aromatic nitrogens is 1. The summed E-state index contributed by atoms with van der Waals surface area (Å²) in [7, 11) is 0. The molecule has 0 aliphatic rings. The number of rotatable bonds is 6. The van der Waals surface area contributed by atoms with Gasteiger partial charge in [-0.15, -0.1) is 11.3 Å². The van der Waals surface area contributed by atoms with Crippen molar-refractivity contribution in [1.82, 2.24) is 10.3 Å². The summed E-state index contributed by atoms with van der Waals surface area (Å²) < 4.78 is 5.07. The van der Waals surface area contributed by atoms with Gasteiger partial charge in [-0.2, -0.15) is 0 Å². The lowest BCUT2D eigenvalue weighted by Gasteiger charge is -2.14. The lowest BCUT2D eigenvalue weighted by molar-refractivity contribution is -0.137. The second kappa shape index (κ2) is 7.39. The van der Waals surface area contributed by atoms with Crippen molar-refractivity contribution >= 4 is 23.4 Å². The van der Waals surface area contributed by atoms with Crippen molar-refractivity contribution in [3.63, 3.8) is 0 Å². The van der Waals surface area contributed by atoms with E-state index in [9.17, 15) is 9.59 Å². The number of amides is 1. The molecule has 6 nitrogen and oxygen atoms in total. The fraction of sp³-hybridized carbons (Fsp3) is 0.214. The molecule has 0 radical (unpaired) electrons. The molecule has 0 spiro atoms. The highest BCUT2D eigenvalue weighted by molar-refractivity contribution is 7.07. The van der Waals surface area contributed by atoms with E-state index in [-0.39, 0.29) is 13.0 Å². The van der Waals surface area contributed by atoms with E-state index in [1.165, 1.54) is 11.3 Å². The summed E-state index contributed by atoms with van der Waals surface area (Å²) in [6, 6.07) is 8.54. The van der Waals surface area contributed by atoms with Crippen molar-refractivity contribution in [3.05, 3.63) is 52.5 Å². The Hall–Kier alpha value is -2.41. The molecular weight excluding hydrogens is 292 g/mol. The molecule has 2 aromatic rings. The average molecular weight is 306 g/mol. The Morgan fingerprint density at radius 2 is 2.10 bits per heavy atom. The molecule has 1 heterocycles. The van der Waals surface area contributed by atoms with Gasteiger partial charge in [0, 0.05) is 5.38 Å². The molecule has 1 atom stereocenters. The molecule has 2 N–H and O–H groups in total. The first-order chi connectivity index (χ1) is 10.1. The first-order valence-electron chi connectivity index (χ1n) is 6.22. The van der Waals surface area contributed by atoms with E-state index in [0.717, 1.165) is 5.56 Å². The van der Waals surface area contributed by atoms with Crippen LogP contribution in [0.3, 0.4) is 0 Å². The van der Waals surface area contributed by atoms with Gasteiger partial charge in [0.15, 0.2) is 0 Å². The zero-order valence-corrected chi connectivity index (χ0v) is 11.9. The summed E-state index contributed by atoms with van der Waals surface area (Å²) in [6.07, 6.45) is -0.914. The number of carbonyl (C=O) groups is 2. The van der Waals surface area contributed by atoms with Crippen LogP contribution in [0.4, 0.5) is 4.79 Å². The Bertz CT molecular complexity index is 586. The first-order valence-corrected chi connectivity index (χ1v) is 7.16. The van der Waals surface area contributed by atoms with Crippen LogP contribution >= 0.6 is 11.3 Å². The fourth-order valence-electron chi connectivity index (χ4n) is 1.71. The number of alkyl carbamates (subject to hydrolysis) is 1. The van der Waals surface area contributed by atoms with Gasteiger partial charge >= 0.3 is 12.1 Å². The van der Waals surface area contributed by atoms with Crippen molar-refractivity contribution in [3.8, 4) is 0 Å². The lowest BCUT2D eigenvalue weighted by Crippen LogP contribution is -2.30. The molecule has 1 aromatic carbocycles. The van der Waals surface area contributed by atoms with E-state index in [1.807, 2.05) is 30.3 Å². The Labute approximate surface area is 125 Å². The Kier molecular flexibility index (Phi) is 5.28. The highest BCUT2D eigenvalue weighted by Crippen LogP contribution is 2.17. The van der Waals surface area contributed by atoms with Gasteiger partial charge in [0.25, 0.3) is 0 Å². The average Bonchev–Trinajstić information content (AvgIpc) is 2.99. The normalized spacial score (nSPS) is 11.6. The van der Waals surface area contributed by atoms with Crippen LogP contribution in [0.15, 0.2) is 41.2 Å². The van der Waals surface area contributed by atoms with Crippen molar-refractivity contribution in [1.29, 1.82) is 0 Å². The summed E-state index contributed by atoms with van der Waals surface area (Å²) >= 11 is 1.34. The standard InChI is InChI=1S/C14H14N2O4S/c17-13(18)6-11(12-8-21-9-15-12)16-14(19)20-7-10-4-2-1-3-5-10/h1-5,8-9,11H,6-7H2,(H,16,19)(H,17,18).